The zero-order chi connectivity index (χ0) is 15.7. The lowest BCUT2D eigenvalue weighted by Crippen LogP contribution is -2.40. The molecule has 0 radical (unpaired) electrons. The number of fused-ring (bicyclic) bond motifs is 1. The molecule has 1 N–H and O–H groups in total. The van der Waals surface area contributed by atoms with Crippen LogP contribution in [0.2, 0.25) is 10.0 Å². The van der Waals surface area contributed by atoms with Crippen LogP contribution in [0.4, 0.5) is 16.2 Å². The molecule has 112 valence electrons. The topological polar surface area (TPSA) is 49.4 Å². The molecule has 1 heterocycles. The van der Waals surface area contributed by atoms with Gasteiger partial charge in [0.15, 0.2) is 5.78 Å². The average molecular weight is 335 g/mol. The molecular weight excluding hydrogens is 323 g/mol. The number of amides is 2. The minimum atomic E-state index is -0.293. The standard InChI is InChI=1S/C16H12Cl2N2O2/c17-10-1-4-12(5-2-10)19-16(22)20-8-7-15(21)13-9-11(18)3-6-14(13)20/h1-6,9H,7-8H2,(H,19,22). The summed E-state index contributed by atoms with van der Waals surface area (Å²) < 4.78 is 0. The van der Waals surface area contributed by atoms with E-state index in [0.29, 0.717) is 33.5 Å². The molecule has 0 atom stereocenters. The number of hydrogen-bond donors (Lipinski definition) is 1. The van der Waals surface area contributed by atoms with Crippen molar-refractivity contribution in [2.75, 3.05) is 16.8 Å². The summed E-state index contributed by atoms with van der Waals surface area (Å²) in [5.74, 6) is -0.00644. The van der Waals surface area contributed by atoms with Gasteiger partial charge in [0.25, 0.3) is 0 Å². The van der Waals surface area contributed by atoms with Gasteiger partial charge in [0.05, 0.1) is 5.69 Å². The maximum absolute atomic E-state index is 12.4. The van der Waals surface area contributed by atoms with Crippen LogP contribution in [0.15, 0.2) is 42.5 Å². The molecule has 3 rings (SSSR count). The van der Waals surface area contributed by atoms with Crippen molar-refractivity contribution in [3.8, 4) is 0 Å². The van der Waals surface area contributed by atoms with E-state index in [4.69, 9.17) is 23.2 Å². The molecule has 0 unspecified atom stereocenters. The molecule has 0 saturated carbocycles. The first-order chi connectivity index (χ1) is 10.5. The number of halogens is 2. The molecule has 22 heavy (non-hydrogen) atoms. The lowest BCUT2D eigenvalue weighted by molar-refractivity contribution is 0.0981. The predicted molar refractivity (Wildman–Crippen MR) is 88.2 cm³/mol. The van der Waals surface area contributed by atoms with Crippen LogP contribution in [0.3, 0.4) is 0 Å². The van der Waals surface area contributed by atoms with Crippen molar-refractivity contribution in [2.45, 2.75) is 6.42 Å². The van der Waals surface area contributed by atoms with Crippen LogP contribution in [-0.4, -0.2) is 18.4 Å². The van der Waals surface area contributed by atoms with Crippen LogP contribution in [0.25, 0.3) is 0 Å². The molecule has 2 amide bonds. The van der Waals surface area contributed by atoms with Gasteiger partial charge in [0.1, 0.15) is 0 Å². The maximum atomic E-state index is 12.4. The van der Waals surface area contributed by atoms with Gasteiger partial charge in [-0.15, -0.1) is 0 Å². The quantitative estimate of drug-likeness (QED) is 0.827. The lowest BCUT2D eigenvalue weighted by atomic mass is 10.0. The van der Waals surface area contributed by atoms with E-state index in [-0.39, 0.29) is 18.2 Å². The minimum absolute atomic E-state index is 0.00644. The van der Waals surface area contributed by atoms with E-state index in [1.807, 2.05) is 0 Å². The first kappa shape index (κ1) is 14.9. The highest BCUT2D eigenvalue weighted by Crippen LogP contribution is 2.30. The number of nitrogens with one attached hydrogen (secondary N) is 1. The second-order valence-electron chi connectivity index (χ2n) is 4.92. The monoisotopic (exact) mass is 334 g/mol. The zero-order valence-corrected chi connectivity index (χ0v) is 13.0. The Balaban J connectivity index is 1.86. The molecule has 0 spiro atoms. The number of hydrogen-bond acceptors (Lipinski definition) is 2. The Morgan fingerprint density at radius 2 is 1.73 bits per heavy atom. The largest absolute Gasteiger partial charge is 0.326 e. The van der Waals surface area contributed by atoms with Gasteiger partial charge in [-0.3, -0.25) is 9.69 Å². The van der Waals surface area contributed by atoms with Gasteiger partial charge >= 0.3 is 6.03 Å². The van der Waals surface area contributed by atoms with Crippen molar-refractivity contribution < 1.29 is 9.59 Å². The number of benzene rings is 2. The second-order valence-corrected chi connectivity index (χ2v) is 5.80. The third kappa shape index (κ3) is 2.93. The summed E-state index contributed by atoms with van der Waals surface area (Å²) in [4.78, 5) is 26.0. The van der Waals surface area contributed by atoms with Crippen molar-refractivity contribution in [2.24, 2.45) is 0 Å². The Labute approximate surface area is 137 Å². The van der Waals surface area contributed by atoms with E-state index in [0.717, 1.165) is 0 Å². The van der Waals surface area contributed by atoms with Gasteiger partial charge in [-0.25, -0.2) is 4.79 Å². The first-order valence-electron chi connectivity index (χ1n) is 6.71. The van der Waals surface area contributed by atoms with Crippen molar-refractivity contribution in [3.63, 3.8) is 0 Å². The number of ketones is 1. The summed E-state index contributed by atoms with van der Waals surface area (Å²) in [7, 11) is 0. The first-order valence-corrected chi connectivity index (χ1v) is 7.47. The van der Waals surface area contributed by atoms with Crippen molar-refractivity contribution in [1.29, 1.82) is 0 Å². The van der Waals surface area contributed by atoms with Gasteiger partial charge in [-0.1, -0.05) is 23.2 Å². The number of Topliss-reactive ketones (excluding diaryl/α,β-unsaturated/α-hetero) is 1. The molecule has 1 aliphatic heterocycles. The van der Waals surface area contributed by atoms with E-state index in [9.17, 15) is 9.59 Å². The third-order valence-electron chi connectivity index (χ3n) is 3.45. The van der Waals surface area contributed by atoms with Gasteiger partial charge in [-0.05, 0) is 42.5 Å². The molecule has 0 fully saturated rings. The lowest BCUT2D eigenvalue weighted by Gasteiger charge is -2.28. The number of nitrogens with zero attached hydrogens (tertiary/aromatic N) is 1. The number of urea groups is 1. The number of carbonyl (C=O) groups is 2. The van der Waals surface area contributed by atoms with E-state index in [1.54, 1.807) is 47.4 Å². The Bertz CT molecular complexity index is 744. The van der Waals surface area contributed by atoms with Crippen molar-refractivity contribution in [1.82, 2.24) is 0 Å². The van der Waals surface area contributed by atoms with Crippen LogP contribution in [0.1, 0.15) is 16.8 Å². The molecular formula is C16H12Cl2N2O2. The van der Waals surface area contributed by atoms with Crippen LogP contribution >= 0.6 is 23.2 Å². The summed E-state index contributed by atoms with van der Waals surface area (Å²) in [6.45, 7) is 0.340. The molecule has 1 aliphatic rings. The molecule has 0 saturated heterocycles. The van der Waals surface area contributed by atoms with Crippen molar-refractivity contribution >= 4 is 46.4 Å². The van der Waals surface area contributed by atoms with Crippen LogP contribution in [0.5, 0.6) is 0 Å². The molecule has 2 aromatic rings. The highest BCUT2D eigenvalue weighted by molar-refractivity contribution is 6.31. The molecule has 0 bridgehead atoms. The predicted octanol–water partition coefficient (Wildman–Crippen LogP) is 4.62. The molecule has 2 aromatic carbocycles. The average Bonchev–Trinajstić information content (AvgIpc) is 2.50. The molecule has 0 aliphatic carbocycles. The van der Waals surface area contributed by atoms with Crippen LogP contribution in [-0.2, 0) is 0 Å². The number of rotatable bonds is 1. The Morgan fingerprint density at radius 1 is 1.05 bits per heavy atom. The van der Waals surface area contributed by atoms with E-state index in [2.05, 4.69) is 5.32 Å². The molecule has 6 heteroatoms. The highest BCUT2D eigenvalue weighted by atomic mass is 35.5. The Morgan fingerprint density at radius 3 is 2.45 bits per heavy atom. The summed E-state index contributed by atoms with van der Waals surface area (Å²) in [6, 6.07) is 11.5. The van der Waals surface area contributed by atoms with Gasteiger partial charge in [0.2, 0.25) is 0 Å². The fraction of sp³-hybridized carbons (Fsp3) is 0.125. The summed E-state index contributed by atoms with van der Waals surface area (Å²) >= 11 is 11.8. The third-order valence-corrected chi connectivity index (χ3v) is 3.94. The SMILES string of the molecule is O=C1CCN(C(=O)Nc2ccc(Cl)cc2)c2ccc(Cl)cc21. The minimum Gasteiger partial charge on any atom is -0.308 e. The summed E-state index contributed by atoms with van der Waals surface area (Å²) in [6.07, 6.45) is 0.279. The van der Waals surface area contributed by atoms with Gasteiger partial charge in [0, 0.05) is 34.3 Å². The fourth-order valence-electron chi connectivity index (χ4n) is 2.37. The second kappa shape index (κ2) is 5.99. The summed E-state index contributed by atoms with van der Waals surface area (Å²) in [5, 5.41) is 3.87. The van der Waals surface area contributed by atoms with Gasteiger partial charge in [-0.2, -0.15) is 0 Å². The molecule has 4 nitrogen and oxygen atoms in total. The van der Waals surface area contributed by atoms with E-state index in [1.165, 1.54) is 0 Å². The molecule has 0 aromatic heterocycles. The number of carbonyl (C=O) groups excluding carboxylic acids is 2. The van der Waals surface area contributed by atoms with Crippen LogP contribution < -0.4 is 10.2 Å². The number of anilines is 2. The Hall–Kier alpha value is -2.04. The maximum Gasteiger partial charge on any atom is 0.326 e. The Kier molecular flexibility index (Phi) is 4.05. The highest BCUT2D eigenvalue weighted by Gasteiger charge is 2.27. The van der Waals surface area contributed by atoms with Gasteiger partial charge < -0.3 is 5.32 Å². The zero-order valence-electron chi connectivity index (χ0n) is 11.5. The van der Waals surface area contributed by atoms with E-state index < -0.39 is 0 Å². The smallest absolute Gasteiger partial charge is 0.308 e. The normalized spacial score (nSPS) is 13.7. The van der Waals surface area contributed by atoms with E-state index >= 15 is 0 Å². The van der Waals surface area contributed by atoms with Crippen LogP contribution in [0, 0.1) is 0 Å². The summed E-state index contributed by atoms with van der Waals surface area (Å²) in [5.41, 5.74) is 1.69. The van der Waals surface area contributed by atoms with Crippen molar-refractivity contribution in [3.05, 3.63) is 58.1 Å². The fourth-order valence-corrected chi connectivity index (χ4v) is 2.67.